The minimum Gasteiger partial charge on any atom is -0.411 e. The van der Waals surface area contributed by atoms with Gasteiger partial charge in [0.2, 0.25) is 15.9 Å². The maximum atomic E-state index is 14.2. The molecule has 0 unspecified atom stereocenters. The summed E-state index contributed by atoms with van der Waals surface area (Å²) in [6.45, 7) is 6.87. The Morgan fingerprint density at radius 3 is 2.30 bits per heavy atom. The number of nitrogens with zero attached hydrogens (tertiary/aromatic N) is 5. The monoisotopic (exact) mass is 706 g/mol. The molecule has 2 aromatic carbocycles. The van der Waals surface area contributed by atoms with Crippen LogP contribution in [0.15, 0.2) is 89.0 Å². The molecule has 0 radical (unpaired) electrons. The van der Waals surface area contributed by atoms with Crippen LogP contribution < -0.4 is 5.32 Å². The van der Waals surface area contributed by atoms with Gasteiger partial charge in [-0.25, -0.2) is 13.2 Å². The summed E-state index contributed by atoms with van der Waals surface area (Å²) in [5, 5.41) is 26.5. The molecule has 1 aromatic heterocycles. The number of benzene rings is 2. The molecule has 4 amide bonds. The highest BCUT2D eigenvalue weighted by molar-refractivity contribution is 7.89. The van der Waals surface area contributed by atoms with Crippen LogP contribution in [0.2, 0.25) is 0 Å². The largest absolute Gasteiger partial charge is 0.411 e. The molecule has 0 spiro atoms. The van der Waals surface area contributed by atoms with Crippen molar-refractivity contribution in [3.63, 3.8) is 0 Å². The van der Waals surface area contributed by atoms with Gasteiger partial charge in [0.05, 0.1) is 35.5 Å². The zero-order valence-corrected chi connectivity index (χ0v) is 29.6. The van der Waals surface area contributed by atoms with Crippen molar-refractivity contribution in [1.82, 2.24) is 24.4 Å². The lowest BCUT2D eigenvalue weighted by Gasteiger charge is -2.34. The number of pyridine rings is 1. The third-order valence-electron chi connectivity index (χ3n) is 8.69. The molecule has 2 heterocycles. The van der Waals surface area contributed by atoms with E-state index in [4.69, 9.17) is 5.21 Å². The van der Waals surface area contributed by atoms with Crippen molar-refractivity contribution in [1.29, 1.82) is 0 Å². The highest BCUT2D eigenvalue weighted by Gasteiger charge is 2.45. The number of rotatable bonds is 17. The van der Waals surface area contributed by atoms with Crippen LogP contribution in [0.1, 0.15) is 50.9 Å². The number of aromatic nitrogens is 1. The van der Waals surface area contributed by atoms with E-state index in [2.05, 4.69) is 15.5 Å². The quantitative estimate of drug-likeness (QED) is 0.0828. The van der Waals surface area contributed by atoms with Crippen molar-refractivity contribution in [3.05, 3.63) is 95.8 Å². The van der Waals surface area contributed by atoms with Crippen LogP contribution in [0.3, 0.4) is 0 Å². The first-order valence-corrected chi connectivity index (χ1v) is 18.1. The average molecular weight is 707 g/mol. The van der Waals surface area contributed by atoms with Gasteiger partial charge < -0.3 is 20.5 Å². The minimum absolute atomic E-state index is 0.00612. The Kier molecular flexibility index (Phi) is 13.2. The molecule has 1 fully saturated rings. The van der Waals surface area contributed by atoms with E-state index in [1.165, 1.54) is 39.7 Å². The van der Waals surface area contributed by atoms with Crippen LogP contribution in [0, 0.1) is 11.8 Å². The number of imide groups is 1. The Morgan fingerprint density at radius 1 is 1.02 bits per heavy atom. The Balaban J connectivity index is 1.61. The van der Waals surface area contributed by atoms with E-state index in [0.717, 1.165) is 10.5 Å². The number of sulfonamides is 1. The minimum atomic E-state index is -4.10. The molecule has 268 valence electrons. The summed E-state index contributed by atoms with van der Waals surface area (Å²) in [4.78, 5) is 47.5. The van der Waals surface area contributed by atoms with Crippen molar-refractivity contribution in [3.8, 4) is 0 Å². The molecule has 0 bridgehead atoms. The normalized spacial score (nSPS) is 16.3. The van der Waals surface area contributed by atoms with E-state index >= 15 is 0 Å². The molecule has 0 saturated carbocycles. The van der Waals surface area contributed by atoms with Crippen molar-refractivity contribution in [2.45, 2.75) is 70.2 Å². The van der Waals surface area contributed by atoms with Gasteiger partial charge in [0.1, 0.15) is 12.6 Å². The summed E-state index contributed by atoms with van der Waals surface area (Å²) < 4.78 is 28.9. The number of nitrogens with one attached hydrogen (secondary N) is 1. The molecule has 3 N–H and O–H groups in total. The highest BCUT2D eigenvalue weighted by atomic mass is 32.2. The Hall–Kier alpha value is -4.66. The fourth-order valence-corrected chi connectivity index (χ4v) is 7.51. The maximum Gasteiger partial charge on any atom is 0.328 e. The second kappa shape index (κ2) is 17.3. The van der Waals surface area contributed by atoms with Crippen LogP contribution >= 0.6 is 0 Å². The summed E-state index contributed by atoms with van der Waals surface area (Å²) in [7, 11) is -4.10. The Morgan fingerprint density at radius 2 is 1.70 bits per heavy atom. The number of amides is 4. The molecule has 3 aromatic rings. The standard InChI is InChI=1S/C36H46N6O7S/c1-5-26(4)34(42-24-33(44)41(36(42)46)22-29-13-9-10-18-37-29)35(45)39-31(19-27-11-7-6-8-12-27)32(43)23-40(21-25(2)3)50(48,49)30-16-14-28(15-17-30)20-38-47/h6-18,20,25-26,31-32,34,43,47H,5,19,21-24H2,1-4H3,(H,39,45)/t26-,31-,32+,34-/m0/s1. The van der Waals surface area contributed by atoms with Crippen LogP contribution in [0.4, 0.5) is 4.79 Å². The first-order valence-electron chi connectivity index (χ1n) is 16.7. The molecule has 4 atom stereocenters. The number of oxime groups is 1. The van der Waals surface area contributed by atoms with Gasteiger partial charge in [-0.1, -0.05) is 87.8 Å². The molecular weight excluding hydrogens is 660 g/mol. The summed E-state index contributed by atoms with van der Waals surface area (Å²) in [6.07, 6.45) is 2.08. The van der Waals surface area contributed by atoms with Crippen molar-refractivity contribution >= 4 is 34.1 Å². The third-order valence-corrected chi connectivity index (χ3v) is 10.5. The van der Waals surface area contributed by atoms with E-state index in [1.54, 1.807) is 24.4 Å². The topological polar surface area (TPSA) is 173 Å². The fourth-order valence-electron chi connectivity index (χ4n) is 5.89. The molecule has 1 aliphatic heterocycles. The molecule has 14 heteroatoms. The summed E-state index contributed by atoms with van der Waals surface area (Å²) in [6, 6.07) is 17.6. The predicted octanol–water partition coefficient (Wildman–Crippen LogP) is 3.50. The zero-order chi connectivity index (χ0) is 36.4. The number of hydrogen-bond acceptors (Lipinski definition) is 9. The first kappa shape index (κ1) is 38.1. The van der Waals surface area contributed by atoms with Gasteiger partial charge in [-0.2, -0.15) is 4.31 Å². The molecular formula is C36H46N6O7S. The fraction of sp³-hybridized carbons (Fsp3) is 0.417. The van der Waals surface area contributed by atoms with Gasteiger partial charge in [0.25, 0.3) is 5.91 Å². The maximum absolute atomic E-state index is 14.2. The lowest BCUT2D eigenvalue weighted by molar-refractivity contribution is -0.129. The molecule has 1 saturated heterocycles. The van der Waals surface area contributed by atoms with Crippen LogP contribution in [0.25, 0.3) is 0 Å². The smallest absolute Gasteiger partial charge is 0.328 e. The van der Waals surface area contributed by atoms with E-state index in [9.17, 15) is 27.9 Å². The van der Waals surface area contributed by atoms with E-state index in [0.29, 0.717) is 17.7 Å². The number of hydrogen-bond donors (Lipinski definition) is 3. The summed E-state index contributed by atoms with van der Waals surface area (Å²) in [5.41, 5.74) is 1.83. The SMILES string of the molecule is CC[C@H](C)[C@@H](C(=O)N[C@@H](Cc1ccccc1)[C@H](O)CN(CC(C)C)S(=O)(=O)c1ccc(C=NO)cc1)N1CC(=O)N(Cc2ccccn2)C1=O. The van der Waals surface area contributed by atoms with Crippen LogP contribution in [0.5, 0.6) is 0 Å². The van der Waals surface area contributed by atoms with Gasteiger partial charge in [-0.3, -0.25) is 19.5 Å². The molecule has 13 nitrogen and oxygen atoms in total. The van der Waals surface area contributed by atoms with Gasteiger partial charge in [-0.05, 0) is 53.6 Å². The molecule has 4 rings (SSSR count). The van der Waals surface area contributed by atoms with Gasteiger partial charge in [-0.15, -0.1) is 0 Å². The van der Waals surface area contributed by atoms with Crippen molar-refractivity contribution in [2.75, 3.05) is 19.6 Å². The van der Waals surface area contributed by atoms with E-state index in [-0.39, 0.29) is 49.3 Å². The van der Waals surface area contributed by atoms with Gasteiger partial charge in [0.15, 0.2) is 0 Å². The Labute approximate surface area is 293 Å². The number of carbonyl (C=O) groups is 3. The second-order valence-electron chi connectivity index (χ2n) is 12.9. The van der Waals surface area contributed by atoms with Gasteiger partial charge in [0, 0.05) is 19.3 Å². The van der Waals surface area contributed by atoms with Crippen LogP contribution in [-0.2, 0) is 32.6 Å². The molecule has 50 heavy (non-hydrogen) atoms. The Bertz CT molecular complexity index is 1720. The molecule has 0 aliphatic carbocycles. The predicted molar refractivity (Wildman–Crippen MR) is 188 cm³/mol. The average Bonchev–Trinajstić information content (AvgIpc) is 3.36. The van der Waals surface area contributed by atoms with Crippen LogP contribution in [-0.4, -0.2) is 99.7 Å². The first-order chi connectivity index (χ1) is 23.8. The number of aliphatic hydroxyl groups is 1. The second-order valence-corrected chi connectivity index (χ2v) is 14.9. The summed E-state index contributed by atoms with van der Waals surface area (Å²) in [5.74, 6) is -1.45. The number of carbonyl (C=O) groups excluding carboxylic acids is 3. The third kappa shape index (κ3) is 9.52. The van der Waals surface area contributed by atoms with Crippen molar-refractivity contribution < 1.29 is 33.1 Å². The molecule has 1 aliphatic rings. The van der Waals surface area contributed by atoms with Gasteiger partial charge >= 0.3 is 6.03 Å². The number of aliphatic hydroxyl groups excluding tert-OH is 1. The lowest BCUT2D eigenvalue weighted by Crippen LogP contribution is -2.57. The lowest BCUT2D eigenvalue weighted by atomic mass is 9.95. The van der Waals surface area contributed by atoms with E-state index < -0.39 is 46.1 Å². The zero-order valence-electron chi connectivity index (χ0n) is 28.8. The summed E-state index contributed by atoms with van der Waals surface area (Å²) >= 11 is 0. The highest BCUT2D eigenvalue weighted by Crippen LogP contribution is 2.24. The van der Waals surface area contributed by atoms with Crippen molar-refractivity contribution in [2.24, 2.45) is 17.0 Å². The van der Waals surface area contributed by atoms with E-state index in [1.807, 2.05) is 58.0 Å². The number of urea groups is 1.